The summed E-state index contributed by atoms with van der Waals surface area (Å²) in [5, 5.41) is 86.4. The molecule has 0 fully saturated rings. The van der Waals surface area contributed by atoms with E-state index >= 15 is 0 Å². The highest BCUT2D eigenvalue weighted by Gasteiger charge is 2.33. The molecule has 6 aromatic heterocycles. The van der Waals surface area contributed by atoms with Gasteiger partial charge in [-0.1, -0.05) is 206 Å². The second-order valence-electron chi connectivity index (χ2n) is 41.5. The first-order valence-electron chi connectivity index (χ1n) is 43.8. The Morgan fingerprint density at radius 1 is 0.485 bits per heavy atom. The molecule has 32 heteroatoms. The monoisotopic (exact) mass is 1840 g/mol. The number of hydrogen-bond donors (Lipinski definition) is 9. The van der Waals surface area contributed by atoms with Crippen LogP contribution in [0, 0.1) is 24.1 Å². The van der Waals surface area contributed by atoms with E-state index in [4.69, 9.17) is 34.7 Å². The summed E-state index contributed by atoms with van der Waals surface area (Å²) in [6.45, 7) is 59.0. The van der Waals surface area contributed by atoms with Crippen LogP contribution >= 0.6 is 0 Å². The molecule has 31 nitrogen and oxygen atoms in total. The number of aromatic nitrogens is 14. The number of imidazole rings is 2. The zero-order chi connectivity index (χ0) is 101. The van der Waals surface area contributed by atoms with E-state index in [1.54, 1.807) is 61.5 Å². The highest BCUT2D eigenvalue weighted by Crippen LogP contribution is 2.39. The van der Waals surface area contributed by atoms with Crippen LogP contribution in [0.3, 0.4) is 0 Å². The Kier molecular flexibility index (Phi) is 35.9. The SMILES string of the molecule is CC(C)(C)C1CCc2cccc(C(=O)O)c2C1.CC(C)(C)c1cc2c(C(=O)O)cccc2o1.CC(C)(C)c1ccc(F)cc1C(=O)O.CC(C)(C)c1ccc2cccc(C(=O)O)c2c1.CC(C)(C)c1nc2c(C(=O)O)cccc2[nH]1.CC(C)(C)n1nnc(C(=O)O)n1.CC(C)(C)n1nnnc1CC(=O)O.CCOC(=O)c1cccc2[nH]c(C(C)(C)C)nc12.Cc1ncc(C(C)(C)C)cn1. The number of aryl methyl sites for hydroxylation is 2. The number of tetrazole rings is 2. The predicted octanol–water partition coefficient (Wildman–Crippen LogP) is 21.5. The Hall–Kier alpha value is -13.8. The second-order valence-corrected chi connectivity index (χ2v) is 41.5. The quantitative estimate of drug-likeness (QED) is 0.0574. The molecule has 134 heavy (non-hydrogen) atoms. The molecule has 1 aliphatic carbocycles. The van der Waals surface area contributed by atoms with Crippen LogP contribution < -0.4 is 0 Å². The number of aromatic carboxylic acids is 6. The number of para-hydroxylation sites is 2. The van der Waals surface area contributed by atoms with Gasteiger partial charge in [0.1, 0.15) is 52.1 Å². The number of fused-ring (bicyclic) bond motifs is 5. The van der Waals surface area contributed by atoms with Gasteiger partial charge < -0.3 is 54.9 Å². The number of aliphatic carboxylic acids is 1. The molecule has 7 aromatic carbocycles. The number of carboxylic acid groups (broad SMARTS) is 7. The highest BCUT2D eigenvalue weighted by molar-refractivity contribution is 6.05. The lowest BCUT2D eigenvalue weighted by molar-refractivity contribution is -0.136. The van der Waals surface area contributed by atoms with Crippen molar-refractivity contribution >= 4 is 91.6 Å². The minimum Gasteiger partial charge on any atom is -0.481 e. The summed E-state index contributed by atoms with van der Waals surface area (Å²) in [7, 11) is 0. The third-order valence-corrected chi connectivity index (χ3v) is 21.0. The van der Waals surface area contributed by atoms with Gasteiger partial charge in [0.2, 0.25) is 0 Å². The maximum Gasteiger partial charge on any atom is 0.377 e. The number of carbonyl (C=O) groups excluding carboxylic acids is 1. The van der Waals surface area contributed by atoms with Crippen molar-refractivity contribution in [3.63, 3.8) is 0 Å². The van der Waals surface area contributed by atoms with Gasteiger partial charge in [0.25, 0.3) is 5.82 Å². The minimum atomic E-state index is -1.16. The number of rotatable bonds is 10. The van der Waals surface area contributed by atoms with E-state index in [2.05, 4.69) is 156 Å². The summed E-state index contributed by atoms with van der Waals surface area (Å²) in [6.07, 6.45) is 6.72. The smallest absolute Gasteiger partial charge is 0.377 e. The first-order valence-corrected chi connectivity index (χ1v) is 43.8. The maximum absolute atomic E-state index is 12.8. The van der Waals surface area contributed by atoms with Crippen molar-refractivity contribution in [3.8, 4) is 0 Å². The Labute approximate surface area is 781 Å². The Balaban J connectivity index is 0.000000233. The number of esters is 1. The lowest BCUT2D eigenvalue weighted by Crippen LogP contribution is -2.28. The molecule has 1 atom stereocenters. The van der Waals surface area contributed by atoms with Crippen molar-refractivity contribution in [2.75, 3.05) is 6.61 Å². The molecule has 1 aliphatic rings. The van der Waals surface area contributed by atoms with E-state index in [-0.39, 0.29) is 83.9 Å². The van der Waals surface area contributed by atoms with Gasteiger partial charge in [0, 0.05) is 34.0 Å². The summed E-state index contributed by atoms with van der Waals surface area (Å²) in [6, 6.07) is 38.4. The zero-order valence-electron chi connectivity index (χ0n) is 82.4. The molecule has 9 N–H and O–H groups in total. The molecule has 0 amide bonds. The Morgan fingerprint density at radius 2 is 0.978 bits per heavy atom. The van der Waals surface area contributed by atoms with Gasteiger partial charge in [0.15, 0.2) is 5.82 Å². The van der Waals surface area contributed by atoms with Crippen LogP contribution in [0.2, 0.25) is 0 Å². The molecule has 0 saturated heterocycles. The molecular formula is C102H131FN14O17. The lowest BCUT2D eigenvalue weighted by atomic mass is 9.70. The van der Waals surface area contributed by atoms with Crippen molar-refractivity contribution in [1.29, 1.82) is 0 Å². The number of furan rings is 1. The molecule has 0 saturated carbocycles. The van der Waals surface area contributed by atoms with Crippen molar-refractivity contribution in [1.82, 2.24) is 70.3 Å². The van der Waals surface area contributed by atoms with Gasteiger partial charge in [-0.2, -0.15) is 4.80 Å². The van der Waals surface area contributed by atoms with E-state index in [0.29, 0.717) is 62.6 Å². The largest absolute Gasteiger partial charge is 0.481 e. The van der Waals surface area contributed by atoms with E-state index in [9.17, 15) is 53.0 Å². The van der Waals surface area contributed by atoms with Crippen molar-refractivity contribution < 1.29 is 87.6 Å². The van der Waals surface area contributed by atoms with Crippen molar-refractivity contribution in [2.45, 2.75) is 270 Å². The van der Waals surface area contributed by atoms with Crippen LogP contribution in [0.5, 0.6) is 0 Å². The number of halogens is 1. The first-order chi connectivity index (χ1) is 61.6. The molecular weight excluding hydrogens is 1710 g/mol. The summed E-state index contributed by atoms with van der Waals surface area (Å²) >= 11 is 0. The number of nitrogens with one attached hydrogen (secondary N) is 2. The highest BCUT2D eigenvalue weighted by atomic mass is 19.1. The third-order valence-electron chi connectivity index (χ3n) is 21.0. The minimum absolute atomic E-state index is 0.0276. The number of carbonyl (C=O) groups is 8. The van der Waals surface area contributed by atoms with Gasteiger partial charge in [-0.3, -0.25) is 4.79 Å². The predicted molar refractivity (Wildman–Crippen MR) is 514 cm³/mol. The molecule has 6 heterocycles. The average molecular weight is 1840 g/mol. The Bertz CT molecular complexity index is 6190. The average Bonchev–Trinajstić information content (AvgIpc) is 1.30. The van der Waals surface area contributed by atoms with E-state index in [0.717, 1.165) is 75.1 Å². The van der Waals surface area contributed by atoms with Crippen molar-refractivity contribution in [3.05, 3.63) is 248 Å². The van der Waals surface area contributed by atoms with Gasteiger partial charge in [-0.15, -0.1) is 15.3 Å². The summed E-state index contributed by atoms with van der Waals surface area (Å²) < 4.78 is 25.0. The van der Waals surface area contributed by atoms with Crippen LogP contribution in [-0.2, 0) is 72.4 Å². The molecule has 13 aromatic rings. The molecule has 718 valence electrons. The standard InChI is InChI=1S/C15H20O2.C15H16O2.C14H18N2O2.C13H14O3.C12H14N2O2.C11H13FO2.C9H14N2.C7H12N4O2.C6H10N4O2/c2*1-15(2,3)11-8-7-10-5-4-6-12(14(16)17)13(10)9-11;1-5-18-12(17)9-7-6-8-10-11(9)16-13(15-10)14(2,3)4;1-13(2,3)11-7-9-8(12(14)15)5-4-6-10(9)16-11;1-12(2,3)11-13-8-6-4-5-7(10(15)16)9(8)14-11;1-11(2,3)9-5-4-7(12)6-8(9)10(13)14;1-7-10-5-8(6-11-7)9(2,3)4;1-7(2,3)11-5(4-6(12)13)8-9-10-11;1-6(2,3)10-8-4(5(11)12)7-9-10/h4-6,11H,7-9H2,1-3H3,(H,16,17);4-9H,1-3H3,(H,16,17);6-8H,5H2,1-4H3,(H,15,16);4-7H,1-3H3,(H,14,15);4-6H,1-3H3,(H,13,14)(H,15,16);4-6H,1-3H3,(H,13,14);5-6H,1-4H3;4H2,1-3H3,(H,12,13);1-3H3,(H,11,12). The van der Waals surface area contributed by atoms with Gasteiger partial charge in [-0.05, 0) is 229 Å². The topological polar surface area (TPSA) is 471 Å². The fourth-order valence-electron chi connectivity index (χ4n) is 13.3. The van der Waals surface area contributed by atoms with Gasteiger partial charge in [0.05, 0.1) is 62.1 Å². The van der Waals surface area contributed by atoms with Crippen LogP contribution in [0.25, 0.3) is 43.8 Å². The number of aromatic amines is 2. The van der Waals surface area contributed by atoms with Crippen molar-refractivity contribution in [2.24, 2.45) is 11.3 Å². The maximum atomic E-state index is 12.8. The Morgan fingerprint density at radius 3 is 1.43 bits per heavy atom. The van der Waals surface area contributed by atoms with E-state index in [1.807, 2.05) is 172 Å². The third kappa shape index (κ3) is 30.9. The van der Waals surface area contributed by atoms with Gasteiger partial charge >= 0.3 is 47.8 Å². The van der Waals surface area contributed by atoms with Crippen LogP contribution in [0.1, 0.15) is 330 Å². The number of benzene rings is 7. The first kappa shape index (κ1) is 109. The zero-order valence-corrected chi connectivity index (χ0v) is 82.4. The number of nitrogens with zero attached hydrogens (tertiary/aromatic N) is 12. The fraction of sp³-hybridized carbons (Fsp3) is 0.431. The molecule has 0 spiro atoms. The molecule has 0 aliphatic heterocycles. The summed E-state index contributed by atoms with van der Waals surface area (Å²) in [5.74, 6) is -3.58. The van der Waals surface area contributed by atoms with Gasteiger partial charge in [-0.25, -0.2) is 62.6 Å². The van der Waals surface area contributed by atoms with E-state index in [1.165, 1.54) is 39.2 Å². The number of ether oxygens (including phenoxy) is 1. The van der Waals surface area contributed by atoms with Crippen LogP contribution in [0.4, 0.5) is 4.39 Å². The molecule has 0 radical (unpaired) electrons. The molecule has 14 rings (SSSR count). The number of hydrogen-bond acceptors (Lipinski definition) is 20. The molecule has 0 bridgehead atoms. The van der Waals surface area contributed by atoms with E-state index < -0.39 is 47.6 Å². The van der Waals surface area contributed by atoms with Crippen LogP contribution in [0.15, 0.2) is 150 Å². The number of carboxylic acids is 7. The normalized spacial score (nSPS) is 12.7. The second kappa shape index (κ2) is 44.2. The summed E-state index contributed by atoms with van der Waals surface area (Å²) in [4.78, 5) is 113. The molecule has 1 unspecified atom stereocenters. The summed E-state index contributed by atoms with van der Waals surface area (Å²) in [5.41, 5.74) is 9.91. The van der Waals surface area contributed by atoms with Crippen LogP contribution in [-0.4, -0.2) is 160 Å². The lowest BCUT2D eigenvalue weighted by Gasteiger charge is -2.35. The fourth-order valence-corrected chi connectivity index (χ4v) is 13.3. The number of H-pyrrole nitrogens is 2.